The van der Waals surface area contributed by atoms with E-state index >= 15 is 0 Å². The molecule has 0 radical (unpaired) electrons. The summed E-state index contributed by atoms with van der Waals surface area (Å²) in [5.74, 6) is -0.111. The van der Waals surface area contributed by atoms with Crippen molar-refractivity contribution in [3.05, 3.63) is 64.5 Å². The van der Waals surface area contributed by atoms with Crippen LogP contribution in [-0.2, 0) is 0 Å². The fourth-order valence-corrected chi connectivity index (χ4v) is 4.64. The van der Waals surface area contributed by atoms with Crippen molar-refractivity contribution >= 4 is 5.69 Å². The summed E-state index contributed by atoms with van der Waals surface area (Å²) >= 11 is 0. The molecule has 138 valence electrons. The first-order valence-electron chi connectivity index (χ1n) is 9.87. The van der Waals surface area contributed by atoms with E-state index in [1.807, 2.05) is 19.1 Å². The van der Waals surface area contributed by atoms with E-state index in [2.05, 4.69) is 41.8 Å². The van der Waals surface area contributed by atoms with Crippen LogP contribution in [0, 0.1) is 26.6 Å². The molecule has 2 atom stereocenters. The van der Waals surface area contributed by atoms with Crippen LogP contribution in [0.1, 0.15) is 47.6 Å². The first kappa shape index (κ1) is 17.5. The van der Waals surface area contributed by atoms with Gasteiger partial charge in [0.25, 0.3) is 0 Å². The zero-order valence-electron chi connectivity index (χ0n) is 16.1. The van der Waals surface area contributed by atoms with Gasteiger partial charge in [-0.3, -0.25) is 4.90 Å². The summed E-state index contributed by atoms with van der Waals surface area (Å²) in [7, 11) is 0. The molecule has 0 saturated carbocycles. The van der Waals surface area contributed by atoms with Gasteiger partial charge in [0.05, 0.1) is 0 Å². The highest BCUT2D eigenvalue weighted by Crippen LogP contribution is 2.37. The summed E-state index contributed by atoms with van der Waals surface area (Å²) in [6.07, 6.45) is 3.81. The van der Waals surface area contributed by atoms with Crippen LogP contribution in [0.2, 0.25) is 0 Å². The van der Waals surface area contributed by atoms with Crippen molar-refractivity contribution in [1.29, 1.82) is 0 Å². The number of benzene rings is 2. The summed E-state index contributed by atoms with van der Waals surface area (Å²) in [5, 5.41) is 0. The molecule has 0 amide bonds. The number of rotatable bonds is 2. The maximum atomic E-state index is 13.6. The van der Waals surface area contributed by atoms with Crippen LogP contribution >= 0.6 is 0 Å². The lowest BCUT2D eigenvalue weighted by molar-refractivity contribution is 0.0716. The lowest BCUT2D eigenvalue weighted by Crippen LogP contribution is -2.55. The van der Waals surface area contributed by atoms with Gasteiger partial charge in [-0.1, -0.05) is 18.2 Å². The molecule has 2 aliphatic heterocycles. The number of hydrogen-bond donors (Lipinski definition) is 0. The van der Waals surface area contributed by atoms with Gasteiger partial charge in [0.1, 0.15) is 5.82 Å². The van der Waals surface area contributed by atoms with E-state index in [1.54, 1.807) is 6.07 Å². The van der Waals surface area contributed by atoms with Crippen LogP contribution in [0.3, 0.4) is 0 Å². The molecule has 2 heterocycles. The van der Waals surface area contributed by atoms with Crippen molar-refractivity contribution in [3.63, 3.8) is 0 Å². The number of anilines is 1. The SMILES string of the molecule is Cc1ccc(C2CCCC3CN(c4ccc(F)c(C)c4)CCN32)cc1C. The molecule has 2 nitrogen and oxygen atoms in total. The Morgan fingerprint density at radius 1 is 0.885 bits per heavy atom. The third-order valence-corrected chi connectivity index (χ3v) is 6.37. The van der Waals surface area contributed by atoms with E-state index in [1.165, 1.54) is 36.0 Å². The van der Waals surface area contributed by atoms with Crippen LogP contribution in [-0.4, -0.2) is 30.6 Å². The van der Waals surface area contributed by atoms with E-state index < -0.39 is 0 Å². The molecule has 2 aromatic rings. The number of piperidine rings is 1. The van der Waals surface area contributed by atoms with Gasteiger partial charge < -0.3 is 4.90 Å². The van der Waals surface area contributed by atoms with Crippen molar-refractivity contribution in [2.45, 2.75) is 52.1 Å². The van der Waals surface area contributed by atoms with Gasteiger partial charge >= 0.3 is 0 Å². The highest BCUT2D eigenvalue weighted by atomic mass is 19.1. The molecule has 0 spiro atoms. The number of nitrogens with zero attached hydrogens (tertiary/aromatic N) is 2. The van der Waals surface area contributed by atoms with Crippen molar-refractivity contribution < 1.29 is 4.39 Å². The average Bonchev–Trinajstić information content (AvgIpc) is 2.65. The second-order valence-electron chi connectivity index (χ2n) is 8.06. The quantitative estimate of drug-likeness (QED) is 0.736. The summed E-state index contributed by atoms with van der Waals surface area (Å²) in [4.78, 5) is 5.16. The maximum absolute atomic E-state index is 13.6. The van der Waals surface area contributed by atoms with Gasteiger partial charge in [-0.15, -0.1) is 0 Å². The summed E-state index contributed by atoms with van der Waals surface area (Å²) < 4.78 is 13.6. The van der Waals surface area contributed by atoms with Crippen molar-refractivity contribution in [2.75, 3.05) is 24.5 Å². The third-order valence-electron chi connectivity index (χ3n) is 6.37. The highest BCUT2D eigenvalue weighted by molar-refractivity contribution is 5.49. The summed E-state index contributed by atoms with van der Waals surface area (Å²) in [6, 6.07) is 13.7. The minimum Gasteiger partial charge on any atom is -0.369 e. The predicted molar refractivity (Wildman–Crippen MR) is 106 cm³/mol. The zero-order valence-corrected chi connectivity index (χ0v) is 16.1. The Morgan fingerprint density at radius 3 is 2.50 bits per heavy atom. The van der Waals surface area contributed by atoms with E-state index in [4.69, 9.17) is 0 Å². The number of halogens is 1. The van der Waals surface area contributed by atoms with Crippen molar-refractivity contribution in [3.8, 4) is 0 Å². The Bertz CT molecular complexity index is 801. The normalized spacial score (nSPS) is 23.8. The largest absolute Gasteiger partial charge is 0.369 e. The molecule has 0 bridgehead atoms. The molecule has 2 unspecified atom stereocenters. The molecule has 2 aromatic carbocycles. The van der Waals surface area contributed by atoms with E-state index in [0.29, 0.717) is 12.1 Å². The van der Waals surface area contributed by atoms with Crippen molar-refractivity contribution in [1.82, 2.24) is 4.90 Å². The Hall–Kier alpha value is -1.87. The van der Waals surface area contributed by atoms with Crippen LogP contribution in [0.25, 0.3) is 0 Å². The lowest BCUT2D eigenvalue weighted by atomic mass is 9.88. The Kier molecular flexibility index (Phi) is 4.74. The molecular weight excluding hydrogens is 323 g/mol. The molecule has 26 heavy (non-hydrogen) atoms. The first-order valence-corrected chi connectivity index (χ1v) is 9.87. The summed E-state index contributed by atoms with van der Waals surface area (Å²) in [6.45, 7) is 9.40. The van der Waals surface area contributed by atoms with E-state index in [0.717, 1.165) is 30.9 Å². The molecule has 4 rings (SSSR count). The topological polar surface area (TPSA) is 6.48 Å². The van der Waals surface area contributed by atoms with Crippen LogP contribution in [0.5, 0.6) is 0 Å². The van der Waals surface area contributed by atoms with Crippen LogP contribution in [0.15, 0.2) is 36.4 Å². The number of hydrogen-bond acceptors (Lipinski definition) is 2. The lowest BCUT2D eigenvalue weighted by Gasteiger charge is -2.49. The smallest absolute Gasteiger partial charge is 0.126 e. The minimum absolute atomic E-state index is 0.111. The fraction of sp³-hybridized carbons (Fsp3) is 0.478. The molecule has 0 N–H and O–H groups in total. The fourth-order valence-electron chi connectivity index (χ4n) is 4.64. The predicted octanol–water partition coefficient (Wildman–Crippen LogP) is 5.17. The standard InChI is InChI=1S/C23H29FN2/c1-16-7-8-19(13-17(16)2)23-6-4-5-21-15-25(11-12-26(21)23)20-9-10-22(24)18(3)14-20/h7-10,13-14,21,23H,4-6,11-12,15H2,1-3H3. The van der Waals surface area contributed by atoms with Crippen LogP contribution in [0.4, 0.5) is 10.1 Å². The maximum Gasteiger partial charge on any atom is 0.126 e. The summed E-state index contributed by atoms with van der Waals surface area (Å²) in [5.41, 5.74) is 6.14. The minimum atomic E-state index is -0.111. The molecule has 2 saturated heterocycles. The zero-order chi connectivity index (χ0) is 18.3. The van der Waals surface area contributed by atoms with Crippen molar-refractivity contribution in [2.24, 2.45) is 0 Å². The Morgan fingerprint density at radius 2 is 1.73 bits per heavy atom. The first-order chi connectivity index (χ1) is 12.5. The van der Waals surface area contributed by atoms with Gasteiger partial charge in [-0.25, -0.2) is 4.39 Å². The number of fused-ring (bicyclic) bond motifs is 1. The average molecular weight is 352 g/mol. The monoisotopic (exact) mass is 352 g/mol. The van der Waals surface area contributed by atoms with Gasteiger partial charge in [-0.2, -0.15) is 0 Å². The molecule has 2 fully saturated rings. The number of aryl methyl sites for hydroxylation is 3. The van der Waals surface area contributed by atoms with E-state index in [9.17, 15) is 4.39 Å². The van der Waals surface area contributed by atoms with Gasteiger partial charge in [0.2, 0.25) is 0 Å². The molecule has 0 aromatic heterocycles. The molecule has 2 aliphatic rings. The van der Waals surface area contributed by atoms with Crippen LogP contribution < -0.4 is 4.90 Å². The third kappa shape index (κ3) is 3.25. The second-order valence-corrected chi connectivity index (χ2v) is 8.06. The molecule has 0 aliphatic carbocycles. The molecule has 3 heteroatoms. The second kappa shape index (κ2) is 7.03. The van der Waals surface area contributed by atoms with Gasteiger partial charge in [-0.05, 0) is 80.5 Å². The number of piperazine rings is 1. The molecular formula is C23H29FN2. The van der Waals surface area contributed by atoms with E-state index in [-0.39, 0.29) is 5.82 Å². The van der Waals surface area contributed by atoms with Gasteiger partial charge in [0, 0.05) is 37.4 Å². The highest BCUT2D eigenvalue weighted by Gasteiger charge is 2.35. The van der Waals surface area contributed by atoms with Gasteiger partial charge in [0.15, 0.2) is 0 Å². The Balaban J connectivity index is 1.53. The Labute approximate surface area is 156 Å².